The minimum atomic E-state index is -0.0255. The molecule has 0 rings (SSSR count). The van der Waals surface area contributed by atoms with Crippen LogP contribution in [0, 0.1) is 11.8 Å². The molecule has 0 aromatic rings. The van der Waals surface area contributed by atoms with Crippen LogP contribution in [0.3, 0.4) is 0 Å². The Balaban J connectivity index is 3.49. The maximum Gasteiger partial charge on any atom is 0.305 e. The van der Waals surface area contributed by atoms with Crippen molar-refractivity contribution in [1.82, 2.24) is 0 Å². The summed E-state index contributed by atoms with van der Waals surface area (Å²) < 4.78 is 10.9. The van der Waals surface area contributed by atoms with E-state index >= 15 is 0 Å². The number of hydrogen-bond acceptors (Lipinski definition) is 4. The Kier molecular flexibility index (Phi) is 22.3. The van der Waals surface area contributed by atoms with Gasteiger partial charge in [0.2, 0.25) is 0 Å². The summed E-state index contributed by atoms with van der Waals surface area (Å²) in [6.07, 6.45) is 19.3. The fourth-order valence-corrected chi connectivity index (χ4v) is 3.96. The van der Waals surface area contributed by atoms with Crippen molar-refractivity contribution in [3.63, 3.8) is 0 Å². The molecular weight excluding hydrogens is 400 g/mol. The zero-order valence-electron chi connectivity index (χ0n) is 21.9. The predicted octanol–water partition coefficient (Wildman–Crippen LogP) is 8.41. The minimum Gasteiger partial charge on any atom is -0.465 e. The maximum absolute atomic E-state index is 11.9. The van der Waals surface area contributed by atoms with Crippen LogP contribution in [0.15, 0.2) is 0 Å². The lowest BCUT2D eigenvalue weighted by Gasteiger charge is -2.14. The number of carbonyl (C=O) groups is 2. The van der Waals surface area contributed by atoms with Gasteiger partial charge in [0.15, 0.2) is 0 Å². The number of unbranched alkanes of at least 4 members (excludes halogenated alkanes) is 9. The topological polar surface area (TPSA) is 52.6 Å². The van der Waals surface area contributed by atoms with Crippen LogP contribution in [0.5, 0.6) is 0 Å². The molecule has 0 spiro atoms. The lowest BCUT2D eigenvalue weighted by Crippen LogP contribution is -2.13. The van der Waals surface area contributed by atoms with Crippen molar-refractivity contribution in [2.45, 2.75) is 143 Å². The zero-order valence-corrected chi connectivity index (χ0v) is 21.9. The standard InChI is InChI=1S/C28H54O4/c1-5-9-19-25(7-3)23-31-27(29)21-17-15-13-11-12-14-16-18-22-28(30)32-24-26(8-4)20-10-6-2/h25-26H,5-24H2,1-4H3/t25-,26-/m1/s1. The molecule has 0 aromatic heterocycles. The molecular formula is C28H54O4. The molecule has 190 valence electrons. The number of rotatable bonds is 23. The summed E-state index contributed by atoms with van der Waals surface area (Å²) in [5.74, 6) is 1.00. The Bertz CT molecular complexity index is 395. The predicted molar refractivity (Wildman–Crippen MR) is 135 cm³/mol. The largest absolute Gasteiger partial charge is 0.465 e. The summed E-state index contributed by atoms with van der Waals surface area (Å²) >= 11 is 0. The second-order valence-electron chi connectivity index (χ2n) is 9.53. The van der Waals surface area contributed by atoms with Crippen molar-refractivity contribution < 1.29 is 19.1 Å². The van der Waals surface area contributed by atoms with Crippen LogP contribution in [-0.2, 0) is 19.1 Å². The van der Waals surface area contributed by atoms with Crippen LogP contribution in [0.1, 0.15) is 143 Å². The molecule has 2 atom stereocenters. The van der Waals surface area contributed by atoms with Crippen molar-refractivity contribution in [3.05, 3.63) is 0 Å². The highest BCUT2D eigenvalue weighted by atomic mass is 16.5. The van der Waals surface area contributed by atoms with Gasteiger partial charge in [0.05, 0.1) is 13.2 Å². The molecule has 0 aliphatic rings. The second kappa shape index (κ2) is 23.1. The van der Waals surface area contributed by atoms with E-state index in [1.807, 2.05) is 0 Å². The Morgan fingerprint density at radius 1 is 0.531 bits per heavy atom. The van der Waals surface area contributed by atoms with E-state index in [4.69, 9.17) is 9.47 Å². The van der Waals surface area contributed by atoms with Gasteiger partial charge in [-0.15, -0.1) is 0 Å². The van der Waals surface area contributed by atoms with Crippen LogP contribution >= 0.6 is 0 Å². The summed E-state index contributed by atoms with van der Waals surface area (Å²) in [5.41, 5.74) is 0. The molecule has 0 saturated carbocycles. The molecule has 0 aliphatic heterocycles. The van der Waals surface area contributed by atoms with Crippen molar-refractivity contribution in [2.24, 2.45) is 11.8 Å². The molecule has 0 bridgehead atoms. The van der Waals surface area contributed by atoms with E-state index in [0.717, 1.165) is 38.5 Å². The summed E-state index contributed by atoms with van der Waals surface area (Å²) in [4.78, 5) is 23.8. The summed E-state index contributed by atoms with van der Waals surface area (Å²) in [6.45, 7) is 9.95. The van der Waals surface area contributed by atoms with Gasteiger partial charge in [0.25, 0.3) is 0 Å². The van der Waals surface area contributed by atoms with Crippen LogP contribution in [0.4, 0.5) is 0 Å². The first-order valence-electron chi connectivity index (χ1n) is 13.9. The van der Waals surface area contributed by atoms with Crippen LogP contribution in [-0.4, -0.2) is 25.2 Å². The average molecular weight is 455 g/mol. The molecule has 4 nitrogen and oxygen atoms in total. The lowest BCUT2D eigenvalue weighted by molar-refractivity contribution is -0.146. The van der Waals surface area contributed by atoms with Crippen molar-refractivity contribution in [3.8, 4) is 0 Å². The molecule has 0 amide bonds. The lowest BCUT2D eigenvalue weighted by atomic mass is 10.0. The van der Waals surface area contributed by atoms with Crippen molar-refractivity contribution in [2.75, 3.05) is 13.2 Å². The summed E-state index contributed by atoms with van der Waals surface area (Å²) in [5, 5.41) is 0. The third kappa shape index (κ3) is 19.6. The average Bonchev–Trinajstić information content (AvgIpc) is 2.80. The molecule has 32 heavy (non-hydrogen) atoms. The minimum absolute atomic E-state index is 0.0255. The van der Waals surface area contributed by atoms with Crippen molar-refractivity contribution >= 4 is 11.9 Å². The number of esters is 2. The molecule has 0 heterocycles. The van der Waals surface area contributed by atoms with E-state index in [2.05, 4.69) is 27.7 Å². The monoisotopic (exact) mass is 454 g/mol. The Morgan fingerprint density at radius 3 is 1.19 bits per heavy atom. The third-order valence-corrected chi connectivity index (χ3v) is 6.56. The van der Waals surface area contributed by atoms with Gasteiger partial charge in [-0.3, -0.25) is 9.59 Å². The Morgan fingerprint density at radius 2 is 0.875 bits per heavy atom. The SMILES string of the molecule is CCCC[C@@H](CC)COC(=O)CCCCCCCCCCC(=O)OC[C@H](CC)CCCC. The van der Waals surface area contributed by atoms with Gasteiger partial charge in [-0.2, -0.15) is 0 Å². The van der Waals surface area contributed by atoms with Crippen LogP contribution < -0.4 is 0 Å². The highest BCUT2D eigenvalue weighted by Gasteiger charge is 2.11. The molecule has 0 aromatic carbocycles. The molecule has 0 radical (unpaired) electrons. The van der Waals surface area contributed by atoms with Gasteiger partial charge >= 0.3 is 11.9 Å². The van der Waals surface area contributed by atoms with E-state index in [-0.39, 0.29) is 11.9 Å². The summed E-state index contributed by atoms with van der Waals surface area (Å²) in [7, 11) is 0. The van der Waals surface area contributed by atoms with E-state index in [0.29, 0.717) is 37.9 Å². The van der Waals surface area contributed by atoms with E-state index in [9.17, 15) is 9.59 Å². The molecule has 0 unspecified atom stereocenters. The Labute approximate surface area is 199 Å². The summed E-state index contributed by atoms with van der Waals surface area (Å²) in [6, 6.07) is 0. The number of carbonyl (C=O) groups excluding carboxylic acids is 2. The van der Waals surface area contributed by atoms with Gasteiger partial charge in [-0.25, -0.2) is 0 Å². The van der Waals surface area contributed by atoms with Gasteiger partial charge in [-0.1, -0.05) is 105 Å². The fourth-order valence-electron chi connectivity index (χ4n) is 3.96. The van der Waals surface area contributed by atoms with Gasteiger partial charge < -0.3 is 9.47 Å². The first kappa shape index (κ1) is 30.9. The quantitative estimate of drug-likeness (QED) is 0.115. The first-order valence-corrected chi connectivity index (χ1v) is 13.9. The zero-order chi connectivity index (χ0) is 23.9. The van der Waals surface area contributed by atoms with E-state index < -0.39 is 0 Å². The van der Waals surface area contributed by atoms with Gasteiger partial charge in [0, 0.05) is 12.8 Å². The van der Waals surface area contributed by atoms with E-state index in [1.54, 1.807) is 0 Å². The highest BCUT2D eigenvalue weighted by molar-refractivity contribution is 5.69. The number of hydrogen-bond donors (Lipinski definition) is 0. The van der Waals surface area contributed by atoms with Gasteiger partial charge in [0.1, 0.15) is 0 Å². The van der Waals surface area contributed by atoms with Crippen molar-refractivity contribution in [1.29, 1.82) is 0 Å². The molecule has 0 aliphatic carbocycles. The third-order valence-electron chi connectivity index (χ3n) is 6.56. The first-order chi connectivity index (χ1) is 15.6. The van der Waals surface area contributed by atoms with Crippen LogP contribution in [0.2, 0.25) is 0 Å². The molecule has 4 heteroatoms. The number of ether oxygens (including phenoxy) is 2. The normalized spacial score (nSPS) is 13.0. The molecule has 0 N–H and O–H groups in total. The molecule has 0 saturated heterocycles. The van der Waals surface area contributed by atoms with Crippen LogP contribution in [0.25, 0.3) is 0 Å². The molecule has 0 fully saturated rings. The maximum atomic E-state index is 11.9. The Hall–Kier alpha value is -1.06. The smallest absolute Gasteiger partial charge is 0.305 e. The highest BCUT2D eigenvalue weighted by Crippen LogP contribution is 2.16. The van der Waals surface area contributed by atoms with Gasteiger partial charge in [-0.05, 0) is 37.5 Å². The fraction of sp³-hybridized carbons (Fsp3) is 0.929. The second-order valence-corrected chi connectivity index (χ2v) is 9.53. The van der Waals surface area contributed by atoms with E-state index in [1.165, 1.54) is 64.2 Å².